The van der Waals surface area contributed by atoms with Gasteiger partial charge in [-0.25, -0.2) is 4.79 Å². The summed E-state index contributed by atoms with van der Waals surface area (Å²) in [5.74, 6) is 0.0718. The summed E-state index contributed by atoms with van der Waals surface area (Å²) in [5.41, 5.74) is 4.07. The zero-order chi connectivity index (χ0) is 21.5. The molecule has 0 saturated heterocycles. The van der Waals surface area contributed by atoms with E-state index in [4.69, 9.17) is 9.47 Å². The van der Waals surface area contributed by atoms with Crippen molar-refractivity contribution in [2.45, 2.75) is 57.6 Å². The topological polar surface area (TPSA) is 77.8 Å². The number of benzene rings is 2. The molecule has 6 heteroatoms. The predicted molar refractivity (Wildman–Crippen MR) is 117 cm³/mol. The van der Waals surface area contributed by atoms with Gasteiger partial charge in [0.05, 0.1) is 17.8 Å². The zero-order valence-electron chi connectivity index (χ0n) is 17.5. The summed E-state index contributed by atoms with van der Waals surface area (Å²) >= 11 is 0. The van der Waals surface area contributed by atoms with Gasteiger partial charge in [0.1, 0.15) is 11.5 Å². The molecule has 2 heterocycles. The Morgan fingerprint density at radius 2 is 1.87 bits per heavy atom. The Kier molecular flexibility index (Phi) is 4.93. The normalized spacial score (nSPS) is 18.5. The standard InChI is InChI=1S/C25H25NO5/c1-15(27)30-17-11-12-18-20(13-17)26-14-22(25(28)29)31-21-10-6-5-9-19(21)24(26)23(18)16-7-3-2-4-8-16/h5-6,9-13,16,22H,2-4,7-8,14H2,1H3,(H,28,29). The summed E-state index contributed by atoms with van der Waals surface area (Å²) in [6.45, 7) is 1.56. The Bertz CT molecular complexity index is 1170. The number of hydrogen-bond acceptors (Lipinski definition) is 4. The first kappa shape index (κ1) is 19.7. The molecule has 1 saturated carbocycles. The second-order valence-electron chi connectivity index (χ2n) is 8.42. The Balaban J connectivity index is 1.81. The van der Waals surface area contributed by atoms with Gasteiger partial charge in [0, 0.05) is 23.9 Å². The fraction of sp³-hybridized carbons (Fsp3) is 0.360. The molecule has 1 N–H and O–H groups in total. The highest BCUT2D eigenvalue weighted by molar-refractivity contribution is 5.95. The highest BCUT2D eigenvalue weighted by Crippen LogP contribution is 2.47. The molecule has 5 rings (SSSR count). The lowest BCUT2D eigenvalue weighted by atomic mass is 9.82. The Labute approximate surface area is 180 Å². The number of para-hydroxylation sites is 1. The van der Waals surface area contributed by atoms with Crippen LogP contribution >= 0.6 is 0 Å². The molecule has 0 bridgehead atoms. The molecule has 1 aromatic heterocycles. The van der Waals surface area contributed by atoms with Crippen LogP contribution in [-0.4, -0.2) is 27.7 Å². The van der Waals surface area contributed by atoms with E-state index in [9.17, 15) is 14.7 Å². The van der Waals surface area contributed by atoms with E-state index in [1.54, 1.807) is 0 Å². The van der Waals surface area contributed by atoms with Crippen molar-refractivity contribution < 1.29 is 24.2 Å². The molecule has 31 heavy (non-hydrogen) atoms. The minimum absolute atomic E-state index is 0.187. The van der Waals surface area contributed by atoms with Crippen molar-refractivity contribution >= 4 is 22.8 Å². The van der Waals surface area contributed by atoms with Gasteiger partial charge in [0.15, 0.2) is 0 Å². The van der Waals surface area contributed by atoms with Crippen LogP contribution < -0.4 is 9.47 Å². The molecule has 1 unspecified atom stereocenters. The van der Waals surface area contributed by atoms with Gasteiger partial charge in [-0.1, -0.05) is 31.4 Å². The number of aliphatic carboxylic acids is 1. The van der Waals surface area contributed by atoms with Gasteiger partial charge in [-0.15, -0.1) is 0 Å². The average Bonchev–Trinajstić information content (AvgIpc) is 2.96. The summed E-state index contributed by atoms with van der Waals surface area (Å²) < 4.78 is 13.3. The largest absolute Gasteiger partial charge is 0.478 e. The number of aromatic nitrogens is 1. The summed E-state index contributed by atoms with van der Waals surface area (Å²) in [7, 11) is 0. The molecular weight excluding hydrogens is 394 g/mol. The van der Waals surface area contributed by atoms with Gasteiger partial charge in [0.2, 0.25) is 6.10 Å². The number of carbonyl (C=O) groups excluding carboxylic acids is 1. The van der Waals surface area contributed by atoms with Crippen LogP contribution in [0.5, 0.6) is 11.5 Å². The van der Waals surface area contributed by atoms with E-state index in [0.717, 1.165) is 35.0 Å². The summed E-state index contributed by atoms with van der Waals surface area (Å²) in [6.07, 6.45) is 4.86. The van der Waals surface area contributed by atoms with Crippen molar-refractivity contribution in [3.05, 3.63) is 48.0 Å². The number of ether oxygens (including phenoxy) is 2. The van der Waals surface area contributed by atoms with Crippen LogP contribution in [0.15, 0.2) is 42.5 Å². The van der Waals surface area contributed by atoms with Crippen molar-refractivity contribution in [2.75, 3.05) is 0 Å². The molecular formula is C25H25NO5. The Morgan fingerprint density at radius 3 is 2.61 bits per heavy atom. The van der Waals surface area contributed by atoms with Crippen molar-refractivity contribution in [3.63, 3.8) is 0 Å². The first-order chi connectivity index (χ1) is 15.0. The monoisotopic (exact) mass is 419 g/mol. The molecule has 2 aromatic carbocycles. The van der Waals surface area contributed by atoms with Crippen LogP contribution in [0.3, 0.4) is 0 Å². The maximum atomic E-state index is 12.0. The van der Waals surface area contributed by atoms with Gasteiger partial charge in [-0.3, -0.25) is 4.79 Å². The van der Waals surface area contributed by atoms with E-state index in [2.05, 4.69) is 4.57 Å². The SMILES string of the molecule is CC(=O)Oc1ccc2c(C3CCCCC3)c3n(c2c1)CC(C(=O)O)Oc1ccccc1-3. The molecule has 1 aliphatic carbocycles. The van der Waals surface area contributed by atoms with Crippen molar-refractivity contribution in [1.29, 1.82) is 0 Å². The highest BCUT2D eigenvalue weighted by atomic mass is 16.5. The van der Waals surface area contributed by atoms with Gasteiger partial charge in [-0.05, 0) is 48.6 Å². The number of esters is 1. The van der Waals surface area contributed by atoms with Crippen molar-refractivity contribution in [3.8, 4) is 22.8 Å². The van der Waals surface area contributed by atoms with Gasteiger partial charge >= 0.3 is 11.9 Å². The van der Waals surface area contributed by atoms with Crippen LogP contribution in [-0.2, 0) is 16.1 Å². The lowest BCUT2D eigenvalue weighted by Crippen LogP contribution is -2.30. The maximum Gasteiger partial charge on any atom is 0.346 e. The van der Waals surface area contributed by atoms with E-state index >= 15 is 0 Å². The molecule has 3 aromatic rings. The summed E-state index contributed by atoms with van der Waals surface area (Å²) in [5, 5.41) is 10.9. The van der Waals surface area contributed by atoms with Gasteiger partial charge in [0.25, 0.3) is 0 Å². The average molecular weight is 419 g/mol. The number of hydrogen-bond donors (Lipinski definition) is 1. The fourth-order valence-electron chi connectivity index (χ4n) is 5.12. The van der Waals surface area contributed by atoms with Crippen LogP contribution in [0.1, 0.15) is 50.5 Å². The van der Waals surface area contributed by atoms with Crippen molar-refractivity contribution in [1.82, 2.24) is 4.57 Å². The third kappa shape index (κ3) is 3.46. The van der Waals surface area contributed by atoms with Crippen LogP contribution in [0.4, 0.5) is 0 Å². The third-order valence-electron chi connectivity index (χ3n) is 6.39. The number of fused-ring (bicyclic) bond motifs is 5. The molecule has 160 valence electrons. The number of rotatable bonds is 3. The first-order valence-electron chi connectivity index (χ1n) is 10.9. The lowest BCUT2D eigenvalue weighted by molar-refractivity contribution is -0.145. The van der Waals surface area contributed by atoms with E-state index < -0.39 is 12.1 Å². The molecule has 1 aliphatic heterocycles. The van der Waals surface area contributed by atoms with Gasteiger partial charge in [-0.2, -0.15) is 0 Å². The fourth-order valence-corrected chi connectivity index (χ4v) is 5.12. The zero-order valence-corrected chi connectivity index (χ0v) is 17.5. The second kappa shape index (κ2) is 7.76. The molecule has 2 aliphatic rings. The second-order valence-corrected chi connectivity index (χ2v) is 8.42. The molecule has 1 atom stereocenters. The van der Waals surface area contributed by atoms with Crippen LogP contribution in [0.2, 0.25) is 0 Å². The molecule has 0 amide bonds. The van der Waals surface area contributed by atoms with E-state index in [0.29, 0.717) is 17.4 Å². The minimum Gasteiger partial charge on any atom is -0.478 e. The Morgan fingerprint density at radius 1 is 1.10 bits per heavy atom. The van der Waals surface area contributed by atoms with Crippen molar-refractivity contribution in [2.24, 2.45) is 0 Å². The van der Waals surface area contributed by atoms with Gasteiger partial charge < -0.3 is 19.1 Å². The molecule has 0 radical (unpaired) electrons. The predicted octanol–water partition coefficient (Wildman–Crippen LogP) is 5.13. The maximum absolute atomic E-state index is 12.0. The highest BCUT2D eigenvalue weighted by Gasteiger charge is 2.33. The molecule has 6 nitrogen and oxygen atoms in total. The van der Waals surface area contributed by atoms with E-state index in [1.807, 2.05) is 42.5 Å². The third-order valence-corrected chi connectivity index (χ3v) is 6.39. The first-order valence-corrected chi connectivity index (χ1v) is 10.9. The Hall–Kier alpha value is -3.28. The van der Waals surface area contributed by atoms with E-state index in [1.165, 1.54) is 31.7 Å². The number of carbonyl (C=O) groups is 2. The molecule has 0 spiro atoms. The minimum atomic E-state index is -1.01. The molecule has 1 fully saturated rings. The van der Waals surface area contributed by atoms with E-state index in [-0.39, 0.29) is 12.5 Å². The smallest absolute Gasteiger partial charge is 0.346 e. The summed E-state index contributed by atoms with van der Waals surface area (Å²) in [4.78, 5) is 23.5. The summed E-state index contributed by atoms with van der Waals surface area (Å²) in [6, 6.07) is 13.4. The van der Waals surface area contributed by atoms with Crippen LogP contribution in [0, 0.1) is 0 Å². The quantitative estimate of drug-likeness (QED) is 0.471. The van der Waals surface area contributed by atoms with Crippen LogP contribution in [0.25, 0.3) is 22.2 Å². The lowest BCUT2D eigenvalue weighted by Gasteiger charge is -2.23. The number of nitrogens with zero attached hydrogens (tertiary/aromatic N) is 1. The number of carboxylic acids is 1. The number of carboxylic acid groups (broad SMARTS) is 1.